The fourth-order valence-electron chi connectivity index (χ4n) is 7.16. The molecule has 5 heteroatoms. The van der Waals surface area contributed by atoms with Gasteiger partial charge in [-0.25, -0.2) is 15.0 Å². The first-order chi connectivity index (χ1) is 25.3. The van der Waals surface area contributed by atoms with E-state index in [9.17, 15) is 0 Å². The number of furan rings is 1. The third-order valence-electron chi connectivity index (χ3n) is 9.55. The summed E-state index contributed by atoms with van der Waals surface area (Å²) in [4.78, 5) is 20.0. The van der Waals surface area contributed by atoms with E-state index < -0.39 is 0 Å². The minimum atomic E-state index is 0.620. The first kappa shape index (κ1) is 29.0. The molecule has 238 valence electrons. The van der Waals surface area contributed by atoms with Crippen molar-refractivity contribution >= 4 is 43.5 Å². The minimum Gasteiger partial charge on any atom is -0.454 e. The summed E-state index contributed by atoms with van der Waals surface area (Å²) in [5.74, 6) is 1.89. The first-order valence-electron chi connectivity index (χ1n) is 17.0. The van der Waals surface area contributed by atoms with Crippen molar-refractivity contribution in [2.45, 2.75) is 0 Å². The lowest BCUT2D eigenvalue weighted by Crippen LogP contribution is -2.00. The third kappa shape index (κ3) is 5.03. The van der Waals surface area contributed by atoms with Gasteiger partial charge in [-0.2, -0.15) is 0 Å². The SMILES string of the molecule is c1ccc(-c2nc(-c3ccccc3)nc(-c3cc(-c4cccc5cccc(-c6cc7c(cn6)oc6ccccc67)c45)c4ccccc4c3)n2)cc1. The Labute approximate surface area is 293 Å². The standard InChI is InChI=1S/C46H28N4O/c1-3-13-30(14-4-1)44-48-45(31-15-5-2-6-16-31)50-46(49-44)33-25-32-17-7-8-20-34(32)38(26-33)36-22-11-18-29-19-12-23-37(43(29)36)40-27-39-35-21-9-10-24-41(35)51-42(39)28-47-40/h1-28H. The summed E-state index contributed by atoms with van der Waals surface area (Å²) >= 11 is 0. The van der Waals surface area contributed by atoms with Crippen LogP contribution in [-0.4, -0.2) is 19.9 Å². The highest BCUT2D eigenvalue weighted by atomic mass is 16.3. The lowest BCUT2D eigenvalue weighted by molar-refractivity contribution is 0.667. The fraction of sp³-hybridized carbons (Fsp3) is 0. The molecule has 3 aromatic heterocycles. The molecule has 0 aliphatic carbocycles. The Morgan fingerprint density at radius 3 is 1.69 bits per heavy atom. The maximum atomic E-state index is 6.12. The number of hydrogen-bond donors (Lipinski definition) is 0. The zero-order chi connectivity index (χ0) is 33.7. The third-order valence-corrected chi connectivity index (χ3v) is 9.55. The lowest BCUT2D eigenvalue weighted by Gasteiger charge is -2.16. The number of fused-ring (bicyclic) bond motifs is 5. The van der Waals surface area contributed by atoms with Crippen LogP contribution in [0, 0.1) is 0 Å². The van der Waals surface area contributed by atoms with Gasteiger partial charge in [0.1, 0.15) is 5.58 Å². The number of nitrogens with zero attached hydrogens (tertiary/aromatic N) is 4. The molecular formula is C46H28N4O. The van der Waals surface area contributed by atoms with E-state index in [1.54, 1.807) is 0 Å². The Kier molecular flexibility index (Phi) is 6.74. The molecule has 0 spiro atoms. The van der Waals surface area contributed by atoms with E-state index in [0.717, 1.165) is 82.6 Å². The van der Waals surface area contributed by atoms with E-state index in [-0.39, 0.29) is 0 Å². The normalized spacial score (nSPS) is 11.5. The molecule has 0 N–H and O–H groups in total. The Bertz CT molecular complexity index is 2850. The van der Waals surface area contributed by atoms with Crippen LogP contribution in [0.15, 0.2) is 174 Å². The predicted octanol–water partition coefficient (Wildman–Crippen LogP) is 11.8. The second-order valence-corrected chi connectivity index (χ2v) is 12.7. The maximum absolute atomic E-state index is 6.12. The van der Waals surface area contributed by atoms with Crippen LogP contribution in [-0.2, 0) is 0 Å². The van der Waals surface area contributed by atoms with Crippen LogP contribution in [0.5, 0.6) is 0 Å². The van der Waals surface area contributed by atoms with E-state index in [2.05, 4.69) is 84.9 Å². The molecule has 0 amide bonds. The second kappa shape index (κ2) is 11.9. The van der Waals surface area contributed by atoms with E-state index in [4.69, 9.17) is 24.4 Å². The summed E-state index contributed by atoms with van der Waals surface area (Å²) in [6.45, 7) is 0. The van der Waals surface area contributed by atoms with Gasteiger partial charge in [-0.05, 0) is 56.9 Å². The highest BCUT2D eigenvalue weighted by Gasteiger charge is 2.18. The summed E-state index contributed by atoms with van der Waals surface area (Å²) in [7, 11) is 0. The molecule has 3 heterocycles. The van der Waals surface area contributed by atoms with E-state index in [1.165, 1.54) is 0 Å². The average molecular weight is 653 g/mol. The molecule has 51 heavy (non-hydrogen) atoms. The summed E-state index contributed by atoms with van der Waals surface area (Å²) < 4.78 is 6.12. The van der Waals surface area contributed by atoms with Crippen molar-refractivity contribution in [3.63, 3.8) is 0 Å². The maximum Gasteiger partial charge on any atom is 0.164 e. The Morgan fingerprint density at radius 2 is 0.961 bits per heavy atom. The van der Waals surface area contributed by atoms with Gasteiger partial charge < -0.3 is 4.42 Å². The van der Waals surface area contributed by atoms with Crippen molar-refractivity contribution in [1.82, 2.24) is 19.9 Å². The summed E-state index contributed by atoms with van der Waals surface area (Å²) in [5, 5.41) is 6.65. The average Bonchev–Trinajstić information content (AvgIpc) is 3.58. The van der Waals surface area contributed by atoms with Gasteiger partial charge in [0.2, 0.25) is 0 Å². The Morgan fingerprint density at radius 1 is 0.373 bits per heavy atom. The van der Waals surface area contributed by atoms with Crippen LogP contribution < -0.4 is 0 Å². The molecule has 0 fully saturated rings. The van der Waals surface area contributed by atoms with Crippen LogP contribution in [0.3, 0.4) is 0 Å². The summed E-state index contributed by atoms with van der Waals surface area (Å²) in [6.07, 6.45) is 1.84. The number of hydrogen-bond acceptors (Lipinski definition) is 5. The molecule has 5 nitrogen and oxygen atoms in total. The monoisotopic (exact) mass is 652 g/mol. The molecule has 0 aliphatic heterocycles. The van der Waals surface area contributed by atoms with Gasteiger partial charge in [-0.1, -0.05) is 140 Å². The van der Waals surface area contributed by atoms with Gasteiger partial charge in [-0.15, -0.1) is 0 Å². The molecule has 0 unspecified atom stereocenters. The molecule has 0 aliphatic rings. The highest BCUT2D eigenvalue weighted by molar-refractivity contribution is 6.13. The van der Waals surface area contributed by atoms with Crippen molar-refractivity contribution in [2.75, 3.05) is 0 Å². The van der Waals surface area contributed by atoms with Crippen LogP contribution in [0.2, 0.25) is 0 Å². The summed E-state index contributed by atoms with van der Waals surface area (Å²) in [5.41, 5.74) is 8.59. The number of rotatable bonds is 5. The largest absolute Gasteiger partial charge is 0.454 e. The molecule has 7 aromatic carbocycles. The molecular weight excluding hydrogens is 625 g/mol. The van der Waals surface area contributed by atoms with Crippen molar-refractivity contribution in [3.05, 3.63) is 170 Å². The second-order valence-electron chi connectivity index (χ2n) is 12.7. The fourth-order valence-corrected chi connectivity index (χ4v) is 7.16. The van der Waals surface area contributed by atoms with Crippen molar-refractivity contribution in [2.24, 2.45) is 0 Å². The number of benzene rings is 7. The first-order valence-corrected chi connectivity index (χ1v) is 17.0. The number of aromatic nitrogens is 4. The molecule has 10 rings (SSSR count). The quantitative estimate of drug-likeness (QED) is 0.185. The van der Waals surface area contributed by atoms with Gasteiger partial charge in [0.25, 0.3) is 0 Å². The predicted molar refractivity (Wildman–Crippen MR) is 207 cm³/mol. The van der Waals surface area contributed by atoms with E-state index >= 15 is 0 Å². The van der Waals surface area contributed by atoms with Gasteiger partial charge in [-0.3, -0.25) is 4.98 Å². The molecule has 10 aromatic rings. The number of para-hydroxylation sites is 1. The molecule has 0 saturated carbocycles. The van der Waals surface area contributed by atoms with Crippen molar-refractivity contribution in [3.8, 4) is 56.5 Å². The minimum absolute atomic E-state index is 0.620. The van der Waals surface area contributed by atoms with Gasteiger partial charge in [0, 0.05) is 33.0 Å². The zero-order valence-electron chi connectivity index (χ0n) is 27.4. The van der Waals surface area contributed by atoms with Gasteiger partial charge in [0.15, 0.2) is 23.1 Å². The van der Waals surface area contributed by atoms with Crippen molar-refractivity contribution in [1.29, 1.82) is 0 Å². The highest BCUT2D eigenvalue weighted by Crippen LogP contribution is 2.42. The van der Waals surface area contributed by atoms with Crippen LogP contribution in [0.1, 0.15) is 0 Å². The molecule has 0 atom stereocenters. The molecule has 0 saturated heterocycles. The lowest BCUT2D eigenvalue weighted by atomic mass is 9.89. The van der Waals surface area contributed by atoms with Crippen LogP contribution >= 0.6 is 0 Å². The van der Waals surface area contributed by atoms with Gasteiger partial charge >= 0.3 is 0 Å². The topological polar surface area (TPSA) is 64.7 Å². The number of pyridine rings is 1. The van der Waals surface area contributed by atoms with E-state index in [1.807, 2.05) is 85.1 Å². The Balaban J connectivity index is 1.22. The molecule has 0 radical (unpaired) electrons. The Hall–Kier alpha value is -6.98. The zero-order valence-corrected chi connectivity index (χ0v) is 27.4. The van der Waals surface area contributed by atoms with Gasteiger partial charge in [0.05, 0.1) is 11.9 Å². The molecule has 0 bridgehead atoms. The summed E-state index contributed by atoms with van der Waals surface area (Å²) in [6, 6.07) is 56.4. The van der Waals surface area contributed by atoms with Crippen molar-refractivity contribution < 1.29 is 4.42 Å². The van der Waals surface area contributed by atoms with E-state index in [0.29, 0.717) is 17.5 Å². The van der Waals surface area contributed by atoms with Crippen LogP contribution in [0.4, 0.5) is 0 Å². The smallest absolute Gasteiger partial charge is 0.164 e. The van der Waals surface area contributed by atoms with Crippen LogP contribution in [0.25, 0.3) is 100 Å².